The molecule has 0 aliphatic carbocycles. The SMILES string of the molecule is O=C(CCNC(=O)c1cnccn1)Nc1ccc2cc[nH]c2c1. The van der Waals surface area contributed by atoms with Gasteiger partial charge in [-0.25, -0.2) is 4.98 Å². The molecule has 0 aliphatic rings. The molecule has 3 aromatic rings. The summed E-state index contributed by atoms with van der Waals surface area (Å²) < 4.78 is 0. The Morgan fingerprint density at radius 2 is 2.09 bits per heavy atom. The van der Waals surface area contributed by atoms with Crippen LogP contribution in [0.25, 0.3) is 10.9 Å². The quantitative estimate of drug-likeness (QED) is 0.668. The monoisotopic (exact) mass is 309 g/mol. The molecule has 1 aromatic carbocycles. The summed E-state index contributed by atoms with van der Waals surface area (Å²) in [5.74, 6) is -0.519. The minimum absolute atomic E-state index is 0.171. The van der Waals surface area contributed by atoms with Crippen LogP contribution in [0, 0.1) is 0 Å². The molecule has 0 saturated heterocycles. The summed E-state index contributed by atoms with van der Waals surface area (Å²) in [6.07, 6.45) is 6.33. The Morgan fingerprint density at radius 3 is 2.91 bits per heavy atom. The van der Waals surface area contributed by atoms with E-state index in [1.807, 2.05) is 30.5 Å². The van der Waals surface area contributed by atoms with Crippen molar-refractivity contribution in [2.45, 2.75) is 6.42 Å². The number of aromatic amines is 1. The molecule has 0 fully saturated rings. The fourth-order valence-corrected chi connectivity index (χ4v) is 2.15. The number of hydrogen-bond acceptors (Lipinski definition) is 4. The average molecular weight is 309 g/mol. The zero-order valence-electron chi connectivity index (χ0n) is 12.2. The minimum Gasteiger partial charge on any atom is -0.361 e. The highest BCUT2D eigenvalue weighted by Gasteiger charge is 2.08. The van der Waals surface area contributed by atoms with Crippen molar-refractivity contribution < 1.29 is 9.59 Å². The number of fused-ring (bicyclic) bond motifs is 1. The molecule has 0 aliphatic heterocycles. The largest absolute Gasteiger partial charge is 0.361 e. The number of carbonyl (C=O) groups excluding carboxylic acids is 2. The fraction of sp³-hybridized carbons (Fsp3) is 0.125. The first-order valence-electron chi connectivity index (χ1n) is 7.13. The number of benzene rings is 1. The van der Waals surface area contributed by atoms with Crippen molar-refractivity contribution in [3.05, 3.63) is 54.7 Å². The highest BCUT2D eigenvalue weighted by Crippen LogP contribution is 2.17. The maximum Gasteiger partial charge on any atom is 0.271 e. The summed E-state index contributed by atoms with van der Waals surface area (Å²) >= 11 is 0. The normalized spacial score (nSPS) is 10.4. The molecule has 0 saturated carbocycles. The summed E-state index contributed by atoms with van der Waals surface area (Å²) in [7, 11) is 0. The zero-order valence-corrected chi connectivity index (χ0v) is 12.2. The van der Waals surface area contributed by atoms with Crippen molar-refractivity contribution >= 4 is 28.4 Å². The Balaban J connectivity index is 1.48. The van der Waals surface area contributed by atoms with E-state index in [0.717, 1.165) is 10.9 Å². The predicted molar refractivity (Wildman–Crippen MR) is 85.9 cm³/mol. The van der Waals surface area contributed by atoms with Crippen molar-refractivity contribution in [1.82, 2.24) is 20.3 Å². The Bertz CT molecular complexity index is 829. The van der Waals surface area contributed by atoms with Crippen LogP contribution in [0.4, 0.5) is 5.69 Å². The Kier molecular flexibility index (Phi) is 4.28. The summed E-state index contributed by atoms with van der Waals surface area (Å²) in [6.45, 7) is 0.228. The zero-order chi connectivity index (χ0) is 16.1. The predicted octanol–water partition coefficient (Wildman–Crippen LogP) is 1.72. The lowest BCUT2D eigenvalue weighted by molar-refractivity contribution is -0.116. The van der Waals surface area contributed by atoms with Gasteiger partial charge in [-0.3, -0.25) is 14.6 Å². The van der Waals surface area contributed by atoms with Crippen LogP contribution < -0.4 is 10.6 Å². The number of carbonyl (C=O) groups is 2. The van der Waals surface area contributed by atoms with Gasteiger partial charge < -0.3 is 15.6 Å². The van der Waals surface area contributed by atoms with E-state index >= 15 is 0 Å². The standard InChI is InChI=1S/C16H15N5O2/c22-15(4-6-20-16(23)14-10-17-7-8-19-14)21-12-2-1-11-3-5-18-13(11)9-12/h1-3,5,7-10,18H,4,6H2,(H,20,23)(H,21,22). The fourth-order valence-electron chi connectivity index (χ4n) is 2.15. The smallest absolute Gasteiger partial charge is 0.271 e. The van der Waals surface area contributed by atoms with Crippen molar-refractivity contribution in [1.29, 1.82) is 0 Å². The summed E-state index contributed by atoms with van der Waals surface area (Å²) in [4.78, 5) is 34.5. The molecule has 116 valence electrons. The first-order valence-corrected chi connectivity index (χ1v) is 7.13. The number of rotatable bonds is 5. The van der Waals surface area contributed by atoms with Gasteiger partial charge in [0.05, 0.1) is 6.20 Å². The summed E-state index contributed by atoms with van der Waals surface area (Å²) in [6, 6.07) is 7.60. The van der Waals surface area contributed by atoms with Gasteiger partial charge in [-0.2, -0.15) is 0 Å². The Morgan fingerprint density at radius 1 is 1.17 bits per heavy atom. The number of hydrogen-bond donors (Lipinski definition) is 3. The lowest BCUT2D eigenvalue weighted by Gasteiger charge is -2.06. The second-order valence-electron chi connectivity index (χ2n) is 4.92. The molecule has 0 spiro atoms. The molecule has 3 N–H and O–H groups in total. The van der Waals surface area contributed by atoms with Crippen molar-refractivity contribution in [3.8, 4) is 0 Å². The number of nitrogens with one attached hydrogen (secondary N) is 3. The van der Waals surface area contributed by atoms with E-state index in [4.69, 9.17) is 0 Å². The van der Waals surface area contributed by atoms with Crippen LogP contribution in [0.3, 0.4) is 0 Å². The van der Waals surface area contributed by atoms with Crippen molar-refractivity contribution in [3.63, 3.8) is 0 Å². The molecule has 7 heteroatoms. The highest BCUT2D eigenvalue weighted by atomic mass is 16.2. The van der Waals surface area contributed by atoms with Crippen molar-refractivity contribution in [2.75, 3.05) is 11.9 Å². The van der Waals surface area contributed by atoms with Crippen LogP contribution in [-0.4, -0.2) is 33.3 Å². The van der Waals surface area contributed by atoms with Crippen LogP contribution in [0.1, 0.15) is 16.9 Å². The average Bonchev–Trinajstić information content (AvgIpc) is 3.03. The lowest BCUT2D eigenvalue weighted by atomic mass is 10.2. The number of nitrogens with zero attached hydrogens (tertiary/aromatic N) is 2. The van der Waals surface area contributed by atoms with E-state index in [9.17, 15) is 9.59 Å². The molecule has 0 radical (unpaired) electrons. The van der Waals surface area contributed by atoms with Gasteiger partial charge in [0.1, 0.15) is 5.69 Å². The van der Waals surface area contributed by atoms with E-state index < -0.39 is 0 Å². The maximum absolute atomic E-state index is 11.9. The van der Waals surface area contributed by atoms with Gasteiger partial charge in [0.15, 0.2) is 0 Å². The van der Waals surface area contributed by atoms with E-state index in [2.05, 4.69) is 25.6 Å². The first-order chi connectivity index (χ1) is 11.2. The van der Waals surface area contributed by atoms with Crippen LogP contribution in [-0.2, 0) is 4.79 Å². The van der Waals surface area contributed by atoms with Gasteiger partial charge in [-0.05, 0) is 23.6 Å². The number of aromatic nitrogens is 3. The van der Waals surface area contributed by atoms with Gasteiger partial charge >= 0.3 is 0 Å². The van der Waals surface area contributed by atoms with Crippen molar-refractivity contribution in [2.24, 2.45) is 0 Å². The molecule has 0 unspecified atom stereocenters. The third kappa shape index (κ3) is 3.70. The van der Waals surface area contributed by atoms with Gasteiger partial charge in [-0.15, -0.1) is 0 Å². The molecular weight excluding hydrogens is 294 g/mol. The summed E-state index contributed by atoms with van der Waals surface area (Å²) in [5, 5.41) is 6.51. The van der Waals surface area contributed by atoms with Crippen LogP contribution in [0.2, 0.25) is 0 Å². The molecule has 0 atom stereocenters. The van der Waals surface area contributed by atoms with Gasteiger partial charge in [0, 0.05) is 42.8 Å². The van der Waals surface area contributed by atoms with E-state index in [-0.39, 0.29) is 30.5 Å². The second kappa shape index (κ2) is 6.69. The van der Waals surface area contributed by atoms with Crippen LogP contribution in [0.5, 0.6) is 0 Å². The molecule has 23 heavy (non-hydrogen) atoms. The number of H-pyrrole nitrogens is 1. The van der Waals surface area contributed by atoms with Gasteiger partial charge in [0.2, 0.25) is 5.91 Å². The number of amides is 2. The molecule has 2 heterocycles. The molecule has 3 rings (SSSR count). The molecule has 7 nitrogen and oxygen atoms in total. The van der Waals surface area contributed by atoms with E-state index in [1.165, 1.54) is 18.6 Å². The minimum atomic E-state index is -0.348. The Labute approximate surface area is 132 Å². The van der Waals surface area contributed by atoms with Crippen LogP contribution in [0.15, 0.2) is 49.1 Å². The van der Waals surface area contributed by atoms with E-state index in [0.29, 0.717) is 5.69 Å². The van der Waals surface area contributed by atoms with Gasteiger partial charge in [-0.1, -0.05) is 6.07 Å². The van der Waals surface area contributed by atoms with Crippen LogP contribution >= 0.6 is 0 Å². The third-order valence-electron chi connectivity index (χ3n) is 3.27. The van der Waals surface area contributed by atoms with Gasteiger partial charge in [0.25, 0.3) is 5.91 Å². The molecule has 2 aromatic heterocycles. The van der Waals surface area contributed by atoms with E-state index in [1.54, 1.807) is 0 Å². The maximum atomic E-state index is 11.9. The second-order valence-corrected chi connectivity index (χ2v) is 4.92. The molecule has 2 amide bonds. The topological polar surface area (TPSA) is 99.8 Å². The lowest BCUT2D eigenvalue weighted by Crippen LogP contribution is -2.28. The third-order valence-corrected chi connectivity index (χ3v) is 3.27. The first kappa shape index (κ1) is 14.7. The highest BCUT2D eigenvalue weighted by molar-refractivity contribution is 5.95. The summed E-state index contributed by atoms with van der Waals surface area (Å²) in [5.41, 5.74) is 1.90. The molecular formula is C16H15N5O2. The Hall–Kier alpha value is -3.22. The number of anilines is 1. The molecule has 0 bridgehead atoms.